The summed E-state index contributed by atoms with van der Waals surface area (Å²) in [5.74, 6) is 0. The van der Waals surface area contributed by atoms with Crippen LogP contribution in [0.25, 0.3) is 0 Å². The minimum atomic E-state index is 0.0714. The number of para-hydroxylation sites is 1. The number of carbonyl (C=O) groups excluding carboxylic acids is 1. The van der Waals surface area contributed by atoms with Gasteiger partial charge in [0.15, 0.2) is 0 Å². The molecule has 1 saturated heterocycles. The first-order valence-electron chi connectivity index (χ1n) is 5.95. The van der Waals surface area contributed by atoms with E-state index in [4.69, 9.17) is 5.73 Å². The maximum Gasteiger partial charge on any atom is 0.324 e. The largest absolute Gasteiger partial charge is 0.328 e. The molecule has 1 aliphatic rings. The minimum absolute atomic E-state index is 0.0714. The third kappa shape index (κ3) is 2.42. The Morgan fingerprint density at radius 3 is 2.65 bits per heavy atom. The number of anilines is 1. The van der Waals surface area contributed by atoms with Crippen molar-refractivity contribution in [3.8, 4) is 0 Å². The van der Waals surface area contributed by atoms with Gasteiger partial charge in [0.25, 0.3) is 0 Å². The summed E-state index contributed by atoms with van der Waals surface area (Å²) in [6.07, 6.45) is 0.795. The van der Waals surface area contributed by atoms with Gasteiger partial charge in [-0.15, -0.1) is 0 Å². The van der Waals surface area contributed by atoms with Crippen LogP contribution < -0.4 is 10.6 Å². The highest BCUT2D eigenvalue weighted by atomic mass is 16.2. The zero-order valence-corrected chi connectivity index (χ0v) is 10.4. The molecule has 4 heteroatoms. The quantitative estimate of drug-likeness (QED) is 0.859. The number of likely N-dealkylation sites (N-methyl/N-ethyl adjacent to an activating group) is 1. The van der Waals surface area contributed by atoms with Gasteiger partial charge in [0.2, 0.25) is 0 Å². The molecule has 2 rings (SSSR count). The lowest BCUT2D eigenvalue weighted by atomic mass is 10.0. The first-order chi connectivity index (χ1) is 8.09. The van der Waals surface area contributed by atoms with Gasteiger partial charge in [-0.25, -0.2) is 4.79 Å². The highest BCUT2D eigenvalue weighted by Crippen LogP contribution is 2.24. The van der Waals surface area contributed by atoms with E-state index in [0.717, 1.165) is 30.8 Å². The predicted molar refractivity (Wildman–Crippen MR) is 69.2 cm³/mol. The predicted octanol–water partition coefficient (Wildman–Crippen LogP) is 1.45. The molecule has 1 aromatic rings. The van der Waals surface area contributed by atoms with E-state index in [1.54, 1.807) is 4.90 Å². The van der Waals surface area contributed by atoms with Gasteiger partial charge >= 0.3 is 6.03 Å². The highest BCUT2D eigenvalue weighted by molar-refractivity contribution is 5.94. The maximum absolute atomic E-state index is 12.0. The Hall–Kier alpha value is -1.55. The van der Waals surface area contributed by atoms with E-state index in [9.17, 15) is 4.79 Å². The maximum atomic E-state index is 12.0. The van der Waals surface area contributed by atoms with Crippen LogP contribution in [0.2, 0.25) is 0 Å². The minimum Gasteiger partial charge on any atom is -0.328 e. The molecule has 1 heterocycles. The first-order valence-corrected chi connectivity index (χ1v) is 5.95. The molecule has 0 saturated carbocycles. The van der Waals surface area contributed by atoms with Gasteiger partial charge < -0.3 is 10.6 Å². The van der Waals surface area contributed by atoms with Gasteiger partial charge in [0, 0.05) is 31.9 Å². The Kier molecular flexibility index (Phi) is 3.33. The molecule has 1 aliphatic heterocycles. The van der Waals surface area contributed by atoms with Gasteiger partial charge in [-0.05, 0) is 25.0 Å². The standard InChI is InChI=1S/C13H19N3O/c1-10(14)9-11-5-3-4-6-12(11)16-8-7-15(2)13(16)17/h3-6,10H,7-9,14H2,1-2H3. The normalized spacial score (nSPS) is 17.7. The molecule has 1 fully saturated rings. The second-order valence-corrected chi connectivity index (χ2v) is 4.67. The lowest BCUT2D eigenvalue weighted by molar-refractivity contribution is 0.229. The van der Waals surface area contributed by atoms with E-state index < -0.39 is 0 Å². The van der Waals surface area contributed by atoms with E-state index in [1.807, 2.05) is 43.1 Å². The summed E-state index contributed by atoms with van der Waals surface area (Å²) >= 11 is 0. The van der Waals surface area contributed by atoms with Crippen LogP contribution in [0.3, 0.4) is 0 Å². The Labute approximate surface area is 102 Å². The second kappa shape index (κ2) is 4.75. The van der Waals surface area contributed by atoms with Crippen LogP contribution in [0, 0.1) is 0 Å². The van der Waals surface area contributed by atoms with Crippen molar-refractivity contribution >= 4 is 11.7 Å². The van der Waals surface area contributed by atoms with Crippen molar-refractivity contribution in [1.29, 1.82) is 0 Å². The lowest BCUT2D eigenvalue weighted by Crippen LogP contribution is -2.30. The average Bonchev–Trinajstić information content (AvgIpc) is 2.60. The van der Waals surface area contributed by atoms with Crippen LogP contribution >= 0.6 is 0 Å². The molecule has 1 atom stereocenters. The molecule has 17 heavy (non-hydrogen) atoms. The number of amides is 2. The van der Waals surface area contributed by atoms with Crippen molar-refractivity contribution < 1.29 is 4.79 Å². The Balaban J connectivity index is 2.29. The summed E-state index contributed by atoms with van der Waals surface area (Å²) < 4.78 is 0. The molecule has 0 aromatic heterocycles. The summed E-state index contributed by atoms with van der Waals surface area (Å²) in [6, 6.07) is 8.17. The van der Waals surface area contributed by atoms with Crippen molar-refractivity contribution in [3.63, 3.8) is 0 Å². The second-order valence-electron chi connectivity index (χ2n) is 4.67. The van der Waals surface area contributed by atoms with Gasteiger partial charge in [-0.2, -0.15) is 0 Å². The number of rotatable bonds is 3. The van der Waals surface area contributed by atoms with Gasteiger partial charge in [-0.1, -0.05) is 18.2 Å². The van der Waals surface area contributed by atoms with Crippen molar-refractivity contribution in [3.05, 3.63) is 29.8 Å². The SMILES string of the molecule is CC(N)Cc1ccccc1N1CCN(C)C1=O. The number of nitrogens with two attached hydrogens (primary N) is 1. The number of hydrogen-bond acceptors (Lipinski definition) is 2. The number of nitrogens with zero attached hydrogens (tertiary/aromatic N) is 2. The lowest BCUT2D eigenvalue weighted by Gasteiger charge is -2.20. The summed E-state index contributed by atoms with van der Waals surface area (Å²) in [7, 11) is 1.83. The molecule has 92 valence electrons. The molecule has 2 N–H and O–H groups in total. The summed E-state index contributed by atoms with van der Waals surface area (Å²) in [5, 5.41) is 0. The van der Waals surface area contributed by atoms with E-state index in [0.29, 0.717) is 0 Å². The van der Waals surface area contributed by atoms with Gasteiger partial charge in [0.1, 0.15) is 0 Å². The first kappa shape index (κ1) is 11.9. The number of benzene rings is 1. The summed E-state index contributed by atoms with van der Waals surface area (Å²) in [5.41, 5.74) is 7.98. The van der Waals surface area contributed by atoms with Crippen molar-refractivity contribution in [2.24, 2.45) is 5.73 Å². The van der Waals surface area contributed by atoms with Crippen molar-refractivity contribution in [2.45, 2.75) is 19.4 Å². The number of carbonyl (C=O) groups is 1. The van der Waals surface area contributed by atoms with E-state index in [-0.39, 0.29) is 12.1 Å². The van der Waals surface area contributed by atoms with E-state index >= 15 is 0 Å². The Bertz CT molecular complexity index is 417. The number of hydrogen-bond donors (Lipinski definition) is 1. The van der Waals surface area contributed by atoms with Gasteiger partial charge in [-0.3, -0.25) is 4.90 Å². The van der Waals surface area contributed by atoms with Crippen LogP contribution in [0.5, 0.6) is 0 Å². The molecule has 1 aromatic carbocycles. The summed E-state index contributed by atoms with van der Waals surface area (Å²) in [4.78, 5) is 15.5. The third-order valence-corrected chi connectivity index (χ3v) is 3.04. The number of urea groups is 1. The fraction of sp³-hybridized carbons (Fsp3) is 0.462. The van der Waals surface area contributed by atoms with Crippen molar-refractivity contribution in [2.75, 3.05) is 25.0 Å². The molecule has 0 bridgehead atoms. The molecule has 1 unspecified atom stereocenters. The Morgan fingerprint density at radius 1 is 1.35 bits per heavy atom. The van der Waals surface area contributed by atoms with Crippen LogP contribution in [0.15, 0.2) is 24.3 Å². The third-order valence-electron chi connectivity index (χ3n) is 3.04. The Morgan fingerprint density at radius 2 is 2.06 bits per heavy atom. The highest BCUT2D eigenvalue weighted by Gasteiger charge is 2.27. The topological polar surface area (TPSA) is 49.6 Å². The molecule has 0 spiro atoms. The fourth-order valence-electron chi connectivity index (χ4n) is 2.16. The average molecular weight is 233 g/mol. The zero-order chi connectivity index (χ0) is 12.4. The van der Waals surface area contributed by atoms with Crippen molar-refractivity contribution in [1.82, 2.24) is 4.90 Å². The molecular weight excluding hydrogens is 214 g/mol. The molecule has 2 amide bonds. The monoisotopic (exact) mass is 233 g/mol. The summed E-state index contributed by atoms with van der Waals surface area (Å²) in [6.45, 7) is 3.52. The van der Waals surface area contributed by atoms with E-state index in [2.05, 4.69) is 0 Å². The van der Waals surface area contributed by atoms with Crippen LogP contribution in [-0.2, 0) is 6.42 Å². The smallest absolute Gasteiger partial charge is 0.324 e. The zero-order valence-electron chi connectivity index (χ0n) is 10.4. The van der Waals surface area contributed by atoms with Crippen LogP contribution in [0.4, 0.5) is 10.5 Å². The molecule has 0 aliphatic carbocycles. The molecular formula is C13H19N3O. The van der Waals surface area contributed by atoms with Crippen LogP contribution in [0.1, 0.15) is 12.5 Å². The van der Waals surface area contributed by atoms with Crippen LogP contribution in [-0.4, -0.2) is 37.1 Å². The fourth-order valence-corrected chi connectivity index (χ4v) is 2.16. The van der Waals surface area contributed by atoms with E-state index in [1.165, 1.54) is 0 Å². The molecule has 0 radical (unpaired) electrons. The molecule has 4 nitrogen and oxygen atoms in total. The van der Waals surface area contributed by atoms with Gasteiger partial charge in [0.05, 0.1) is 0 Å².